The molecule has 6 heteroatoms. The van der Waals surface area contributed by atoms with Crippen molar-refractivity contribution < 1.29 is 18.0 Å². The van der Waals surface area contributed by atoms with Crippen LogP contribution < -0.4 is 10.6 Å². The maximum atomic E-state index is 13.2. The van der Waals surface area contributed by atoms with Crippen molar-refractivity contribution in [3.05, 3.63) is 23.8 Å². The molecule has 3 atom stereocenters. The standard InChI is InChI=1S/C14H13F3N2O/c15-14(16,17)9-5-7(18)1-2-10(9)19-11-6-13(11)4-3-8(13)12(19)20/h1-2,5,8,11H,3-4,6,18H2. The second-order valence-corrected chi connectivity index (χ2v) is 6.03. The van der Waals surface area contributed by atoms with Gasteiger partial charge < -0.3 is 10.6 Å². The molecule has 0 bridgehead atoms. The lowest BCUT2D eigenvalue weighted by Crippen LogP contribution is -2.36. The minimum atomic E-state index is -4.51. The molecule has 2 N–H and O–H groups in total. The molecule has 3 aliphatic rings. The van der Waals surface area contributed by atoms with Gasteiger partial charge in [-0.1, -0.05) is 0 Å². The van der Waals surface area contributed by atoms with E-state index in [-0.39, 0.29) is 34.7 Å². The van der Waals surface area contributed by atoms with E-state index < -0.39 is 11.7 Å². The predicted octanol–water partition coefficient (Wildman–Crippen LogP) is 2.80. The summed E-state index contributed by atoms with van der Waals surface area (Å²) in [5, 5.41) is 0. The molecule has 20 heavy (non-hydrogen) atoms. The highest BCUT2D eigenvalue weighted by Gasteiger charge is 2.75. The fourth-order valence-corrected chi connectivity index (χ4v) is 3.92. The van der Waals surface area contributed by atoms with E-state index in [0.717, 1.165) is 25.3 Å². The molecule has 1 aliphatic heterocycles. The molecule has 2 aliphatic carbocycles. The summed E-state index contributed by atoms with van der Waals surface area (Å²) in [6, 6.07) is 3.62. The molecule has 0 aromatic heterocycles. The van der Waals surface area contributed by atoms with Crippen LogP contribution in [0.4, 0.5) is 24.5 Å². The zero-order valence-electron chi connectivity index (χ0n) is 10.6. The van der Waals surface area contributed by atoms with Gasteiger partial charge in [-0.2, -0.15) is 13.2 Å². The summed E-state index contributed by atoms with van der Waals surface area (Å²) in [6.45, 7) is 0. The van der Waals surface area contributed by atoms with Crippen molar-refractivity contribution in [2.75, 3.05) is 10.6 Å². The van der Waals surface area contributed by atoms with Crippen LogP contribution in [0.1, 0.15) is 24.8 Å². The van der Waals surface area contributed by atoms with Crippen molar-refractivity contribution in [1.82, 2.24) is 0 Å². The Kier molecular flexibility index (Phi) is 1.99. The molecule has 1 spiro atoms. The number of carbonyl (C=O) groups is 1. The average Bonchev–Trinajstić information content (AvgIpc) is 3.02. The summed E-state index contributed by atoms with van der Waals surface area (Å²) in [5.74, 6) is -0.214. The zero-order valence-corrected chi connectivity index (χ0v) is 10.6. The van der Waals surface area contributed by atoms with Crippen molar-refractivity contribution in [3.63, 3.8) is 0 Å². The highest BCUT2D eigenvalue weighted by atomic mass is 19.4. The fraction of sp³-hybridized carbons (Fsp3) is 0.500. The molecule has 3 unspecified atom stereocenters. The summed E-state index contributed by atoms with van der Waals surface area (Å²) < 4.78 is 39.5. The van der Waals surface area contributed by atoms with Crippen LogP contribution in [-0.4, -0.2) is 11.9 Å². The number of alkyl halides is 3. The molecule has 1 aromatic rings. The molecule has 1 amide bonds. The van der Waals surface area contributed by atoms with E-state index in [4.69, 9.17) is 5.73 Å². The highest BCUT2D eigenvalue weighted by Crippen LogP contribution is 2.71. The molecule has 4 rings (SSSR count). The zero-order chi connectivity index (χ0) is 14.3. The van der Waals surface area contributed by atoms with Gasteiger partial charge >= 0.3 is 6.18 Å². The Bertz CT molecular complexity index is 627. The Morgan fingerprint density at radius 2 is 2.10 bits per heavy atom. The minimum Gasteiger partial charge on any atom is -0.399 e. The van der Waals surface area contributed by atoms with Gasteiger partial charge in [-0.05, 0) is 37.5 Å². The molecule has 2 saturated carbocycles. The number of nitrogens with two attached hydrogens (primary N) is 1. The lowest BCUT2D eigenvalue weighted by atomic mass is 9.71. The summed E-state index contributed by atoms with van der Waals surface area (Å²) in [6.07, 6.45) is -1.90. The molecule has 3 nitrogen and oxygen atoms in total. The van der Waals surface area contributed by atoms with Crippen molar-refractivity contribution in [1.29, 1.82) is 0 Å². The number of nitrogens with zero attached hydrogens (tertiary/aromatic N) is 1. The van der Waals surface area contributed by atoms with E-state index >= 15 is 0 Å². The SMILES string of the molecule is Nc1ccc(N2C(=O)C3CCC34CC24)c(C(F)(F)F)c1. The number of nitrogen functional groups attached to an aromatic ring is 1. The Hall–Kier alpha value is -1.72. The van der Waals surface area contributed by atoms with E-state index in [1.165, 1.54) is 17.0 Å². The molecule has 1 saturated heterocycles. The van der Waals surface area contributed by atoms with Crippen LogP contribution in [-0.2, 0) is 11.0 Å². The topological polar surface area (TPSA) is 46.3 Å². The number of halogens is 3. The third kappa shape index (κ3) is 1.29. The van der Waals surface area contributed by atoms with Crippen molar-refractivity contribution >= 4 is 17.3 Å². The van der Waals surface area contributed by atoms with Crippen LogP contribution in [0.5, 0.6) is 0 Å². The van der Waals surface area contributed by atoms with Gasteiger partial charge in [-0.15, -0.1) is 0 Å². The second-order valence-electron chi connectivity index (χ2n) is 6.03. The highest BCUT2D eigenvalue weighted by molar-refractivity contribution is 6.02. The van der Waals surface area contributed by atoms with Crippen LogP contribution >= 0.6 is 0 Å². The van der Waals surface area contributed by atoms with Crippen LogP contribution in [0.25, 0.3) is 0 Å². The lowest BCUT2D eigenvalue weighted by molar-refractivity contribution is -0.137. The van der Waals surface area contributed by atoms with Gasteiger partial charge in [0.05, 0.1) is 11.3 Å². The van der Waals surface area contributed by atoms with Gasteiger partial charge in [0.1, 0.15) is 0 Å². The largest absolute Gasteiger partial charge is 0.418 e. The fourth-order valence-electron chi connectivity index (χ4n) is 3.92. The summed E-state index contributed by atoms with van der Waals surface area (Å²) in [5.41, 5.74) is 4.66. The number of piperidine rings is 1. The second kappa shape index (κ2) is 3.30. The first-order valence-electron chi connectivity index (χ1n) is 6.64. The van der Waals surface area contributed by atoms with Crippen molar-refractivity contribution in [2.45, 2.75) is 31.5 Å². The van der Waals surface area contributed by atoms with Gasteiger partial charge in [0, 0.05) is 23.1 Å². The normalized spacial score (nSPS) is 34.5. The maximum Gasteiger partial charge on any atom is 0.418 e. The quantitative estimate of drug-likeness (QED) is 0.805. The van der Waals surface area contributed by atoms with E-state index in [1.807, 2.05) is 0 Å². The number of hydrogen-bond donors (Lipinski definition) is 1. The summed E-state index contributed by atoms with van der Waals surface area (Å²) in [4.78, 5) is 13.7. The lowest BCUT2D eigenvalue weighted by Gasteiger charge is -2.31. The maximum absolute atomic E-state index is 13.2. The van der Waals surface area contributed by atoms with Gasteiger partial charge in [0.15, 0.2) is 0 Å². The minimum absolute atomic E-state index is 0.0126. The van der Waals surface area contributed by atoms with E-state index in [1.54, 1.807) is 0 Å². The Balaban J connectivity index is 1.82. The number of benzene rings is 1. The number of rotatable bonds is 1. The number of amides is 1. The molecule has 3 fully saturated rings. The van der Waals surface area contributed by atoms with Gasteiger partial charge in [0.25, 0.3) is 0 Å². The molecule has 106 valence electrons. The first-order chi connectivity index (χ1) is 9.34. The average molecular weight is 282 g/mol. The third-order valence-electron chi connectivity index (χ3n) is 5.10. The third-order valence-corrected chi connectivity index (χ3v) is 5.10. The van der Waals surface area contributed by atoms with Crippen molar-refractivity contribution in [2.24, 2.45) is 11.3 Å². The summed E-state index contributed by atoms with van der Waals surface area (Å²) in [7, 11) is 0. The monoisotopic (exact) mass is 282 g/mol. The van der Waals surface area contributed by atoms with Gasteiger partial charge in [-0.25, -0.2) is 0 Å². The summed E-state index contributed by atoms with van der Waals surface area (Å²) >= 11 is 0. The van der Waals surface area contributed by atoms with Crippen LogP contribution in [0, 0.1) is 11.3 Å². The van der Waals surface area contributed by atoms with E-state index in [0.29, 0.717) is 0 Å². The smallest absolute Gasteiger partial charge is 0.399 e. The van der Waals surface area contributed by atoms with E-state index in [9.17, 15) is 18.0 Å². The van der Waals surface area contributed by atoms with Crippen LogP contribution in [0.2, 0.25) is 0 Å². The molecule has 1 heterocycles. The first kappa shape index (κ1) is 12.1. The van der Waals surface area contributed by atoms with Crippen molar-refractivity contribution in [3.8, 4) is 0 Å². The first-order valence-corrected chi connectivity index (χ1v) is 6.64. The van der Waals surface area contributed by atoms with Crippen LogP contribution in [0.3, 0.4) is 0 Å². The molecular weight excluding hydrogens is 269 g/mol. The predicted molar refractivity (Wildman–Crippen MR) is 66.9 cm³/mol. The molecular formula is C14H13F3N2O. The van der Waals surface area contributed by atoms with Gasteiger partial charge in [0.2, 0.25) is 5.91 Å². The van der Waals surface area contributed by atoms with Crippen LogP contribution in [0.15, 0.2) is 18.2 Å². The Morgan fingerprint density at radius 1 is 1.35 bits per heavy atom. The molecule has 0 radical (unpaired) electrons. The number of carbonyl (C=O) groups excluding carboxylic acids is 1. The Labute approximate surface area is 113 Å². The molecule has 1 aromatic carbocycles. The van der Waals surface area contributed by atoms with Gasteiger partial charge in [-0.3, -0.25) is 4.79 Å². The number of anilines is 2. The Morgan fingerprint density at radius 3 is 2.60 bits per heavy atom. The number of hydrogen-bond acceptors (Lipinski definition) is 2. The van der Waals surface area contributed by atoms with E-state index in [2.05, 4.69) is 0 Å².